The van der Waals surface area contributed by atoms with Crippen LogP contribution >= 0.6 is 11.3 Å². The Morgan fingerprint density at radius 2 is 1.65 bits per heavy atom. The highest BCUT2D eigenvalue weighted by atomic mass is 32.2. The molecule has 0 radical (unpaired) electrons. The number of aromatic nitrogens is 2. The number of nitrogens with two attached hydrogens (primary N) is 1. The maximum Gasteiger partial charge on any atom is 0.490 e. The number of carboxylic acid groups (broad SMARTS) is 1. The van der Waals surface area contributed by atoms with Gasteiger partial charge in [0, 0.05) is 17.2 Å². The lowest BCUT2D eigenvalue weighted by Crippen LogP contribution is -2.42. The summed E-state index contributed by atoms with van der Waals surface area (Å²) in [5, 5.41) is 4.94. The van der Waals surface area contributed by atoms with Crippen LogP contribution in [0.1, 0.15) is 52.2 Å². The number of primary amides is 1. The van der Waals surface area contributed by atoms with Crippen LogP contribution in [-0.2, 0) is 26.1 Å². The number of nitrogens with zero attached hydrogens (tertiary/aromatic N) is 2. The fraction of sp³-hybridized carbons (Fsp3) is 0.345. The predicted molar refractivity (Wildman–Crippen MR) is 160 cm³/mol. The molecule has 266 valence electrons. The third kappa shape index (κ3) is 7.96. The number of halogens is 8. The molecule has 0 spiro atoms. The lowest BCUT2D eigenvalue weighted by atomic mass is 10.0. The summed E-state index contributed by atoms with van der Waals surface area (Å²) in [7, 11) is -4.87. The van der Waals surface area contributed by atoms with E-state index in [1.54, 1.807) is 0 Å². The summed E-state index contributed by atoms with van der Waals surface area (Å²) >= 11 is 0.817. The van der Waals surface area contributed by atoms with Gasteiger partial charge in [0.2, 0.25) is 9.84 Å². The molecule has 4 N–H and O–H groups in total. The molecular weight excluding hydrogens is 716 g/mol. The standard InChI is InChI=1S/C27H25F5N4O4S2.C2HF3O2/c1-15(18-4-2-3-5-19(18)26(28,29)30)40-22-13-23(41-24(22)25(33)37)36-14-35-20-7-6-16(12-21(20)36)27(31,32)42(38,39)17-8-10-34-11-9-17;3-2(4,5)1(6)7/h2-7,12-15,17,34H,8-11H2,1H3,(H2,33,37);(H,6,7)/t15-;/m1./s1. The molecule has 1 fully saturated rings. The zero-order chi connectivity index (χ0) is 36.5. The number of thiophene rings is 1. The average molecular weight is 743 g/mol. The van der Waals surface area contributed by atoms with Crippen molar-refractivity contribution in [1.29, 1.82) is 0 Å². The van der Waals surface area contributed by atoms with Crippen LogP contribution in [0.3, 0.4) is 0 Å². The highest BCUT2D eigenvalue weighted by molar-refractivity contribution is 7.92. The van der Waals surface area contributed by atoms with Gasteiger partial charge in [0.15, 0.2) is 0 Å². The normalized spacial score (nSPS) is 15.4. The van der Waals surface area contributed by atoms with E-state index >= 15 is 8.78 Å². The van der Waals surface area contributed by atoms with Crippen molar-refractivity contribution >= 4 is 44.1 Å². The first-order chi connectivity index (χ1) is 22.7. The van der Waals surface area contributed by atoms with Crippen LogP contribution < -0.4 is 15.8 Å². The molecule has 2 aromatic heterocycles. The molecule has 1 amide bonds. The van der Waals surface area contributed by atoms with Crippen LogP contribution in [0.15, 0.2) is 54.9 Å². The molecule has 1 atom stereocenters. The number of carboxylic acids is 1. The molecule has 0 saturated carbocycles. The monoisotopic (exact) mass is 742 g/mol. The van der Waals surface area contributed by atoms with Gasteiger partial charge in [-0.25, -0.2) is 18.2 Å². The second kappa shape index (κ2) is 13.9. The number of ether oxygens (including phenoxy) is 1. The molecule has 3 heterocycles. The molecule has 10 nitrogen and oxygen atoms in total. The van der Waals surface area contributed by atoms with E-state index < -0.39 is 61.8 Å². The molecule has 4 aromatic rings. The van der Waals surface area contributed by atoms with Gasteiger partial charge in [0.1, 0.15) is 28.1 Å². The summed E-state index contributed by atoms with van der Waals surface area (Å²) < 4.78 is 136. The summed E-state index contributed by atoms with van der Waals surface area (Å²) in [4.78, 5) is 25.2. The predicted octanol–water partition coefficient (Wildman–Crippen LogP) is 6.19. The van der Waals surface area contributed by atoms with Crippen molar-refractivity contribution in [2.75, 3.05) is 13.1 Å². The van der Waals surface area contributed by atoms with Crippen molar-refractivity contribution in [3.63, 3.8) is 0 Å². The quantitative estimate of drug-likeness (QED) is 0.181. The Morgan fingerprint density at radius 3 is 2.22 bits per heavy atom. The van der Waals surface area contributed by atoms with Gasteiger partial charge in [-0.2, -0.15) is 35.1 Å². The summed E-state index contributed by atoms with van der Waals surface area (Å²) in [5.74, 6) is -3.78. The number of carbonyl (C=O) groups is 2. The Labute approximate surface area is 276 Å². The number of rotatable bonds is 8. The lowest BCUT2D eigenvalue weighted by molar-refractivity contribution is -0.192. The van der Waals surface area contributed by atoms with Gasteiger partial charge in [-0.15, -0.1) is 11.3 Å². The van der Waals surface area contributed by atoms with Crippen LogP contribution in [0.5, 0.6) is 5.75 Å². The molecule has 2 aromatic carbocycles. The van der Waals surface area contributed by atoms with Crippen molar-refractivity contribution in [2.45, 2.75) is 48.7 Å². The van der Waals surface area contributed by atoms with E-state index in [2.05, 4.69) is 10.3 Å². The van der Waals surface area contributed by atoms with Crippen molar-refractivity contribution in [3.8, 4) is 10.8 Å². The number of benzene rings is 2. The molecule has 1 saturated heterocycles. The second-order valence-electron chi connectivity index (χ2n) is 10.6. The highest BCUT2D eigenvalue weighted by Gasteiger charge is 2.51. The molecule has 1 aliphatic rings. The first-order valence-corrected chi connectivity index (χ1v) is 16.4. The van der Waals surface area contributed by atoms with E-state index in [-0.39, 0.29) is 45.1 Å². The molecule has 1 aliphatic heterocycles. The van der Waals surface area contributed by atoms with Gasteiger partial charge < -0.3 is 20.9 Å². The van der Waals surface area contributed by atoms with Crippen LogP contribution in [0.4, 0.5) is 35.1 Å². The SMILES string of the molecule is C[C@@H](Oc1cc(-n2cnc3ccc(C(F)(F)S(=O)(=O)C4CCNCC4)cc32)sc1C(N)=O)c1ccccc1C(F)(F)F.O=C(O)C(F)(F)F. The molecule has 5 rings (SSSR count). The fourth-order valence-electron chi connectivity index (χ4n) is 4.95. The topological polar surface area (TPSA) is 154 Å². The Balaban J connectivity index is 0.000000698. The van der Waals surface area contributed by atoms with Crippen molar-refractivity contribution in [2.24, 2.45) is 5.73 Å². The molecule has 0 bridgehead atoms. The summed E-state index contributed by atoms with van der Waals surface area (Å²) in [5.41, 5.74) is 4.10. The molecule has 0 aliphatic carbocycles. The van der Waals surface area contributed by atoms with E-state index in [1.165, 1.54) is 48.1 Å². The third-order valence-corrected chi connectivity index (χ3v) is 10.8. The van der Waals surface area contributed by atoms with Gasteiger partial charge in [0.25, 0.3) is 5.91 Å². The number of sulfone groups is 1. The number of carbonyl (C=O) groups excluding carboxylic acids is 1. The smallest absolute Gasteiger partial charge is 0.484 e. The first kappa shape index (κ1) is 37.5. The number of alkyl halides is 8. The summed E-state index contributed by atoms with van der Waals surface area (Å²) in [6.45, 7) is 2.02. The molecule has 0 unspecified atom stereocenters. The number of nitrogens with one attached hydrogen (secondary N) is 1. The molecule has 49 heavy (non-hydrogen) atoms. The van der Waals surface area contributed by atoms with Gasteiger partial charge >= 0.3 is 23.6 Å². The van der Waals surface area contributed by atoms with E-state index in [0.29, 0.717) is 13.1 Å². The number of hydrogen-bond donors (Lipinski definition) is 3. The highest BCUT2D eigenvalue weighted by Crippen LogP contribution is 2.42. The number of fused-ring (bicyclic) bond motifs is 1. The zero-order valence-corrected chi connectivity index (χ0v) is 26.6. The van der Waals surface area contributed by atoms with Gasteiger partial charge in [-0.1, -0.05) is 18.2 Å². The van der Waals surface area contributed by atoms with Crippen molar-refractivity contribution < 1.29 is 63.0 Å². The molecule has 20 heteroatoms. The van der Waals surface area contributed by atoms with Crippen molar-refractivity contribution in [1.82, 2.24) is 14.9 Å². The average Bonchev–Trinajstić information content (AvgIpc) is 3.64. The number of piperidine rings is 1. The van der Waals surface area contributed by atoms with E-state index in [0.717, 1.165) is 29.5 Å². The van der Waals surface area contributed by atoms with Crippen molar-refractivity contribution in [3.05, 3.63) is 76.4 Å². The number of aliphatic carboxylic acids is 1. The Kier molecular flexibility index (Phi) is 10.6. The Hall–Kier alpha value is -4.30. The maximum absolute atomic E-state index is 15.5. The third-order valence-electron chi connectivity index (χ3n) is 7.36. The van der Waals surface area contributed by atoms with Crippen LogP contribution in [0, 0.1) is 0 Å². The number of hydrogen-bond acceptors (Lipinski definition) is 8. The lowest BCUT2D eigenvalue weighted by Gasteiger charge is -2.27. The van der Waals surface area contributed by atoms with Gasteiger partial charge in [-0.3, -0.25) is 9.36 Å². The van der Waals surface area contributed by atoms with Crippen LogP contribution in [0.2, 0.25) is 0 Å². The van der Waals surface area contributed by atoms with Crippen LogP contribution in [0.25, 0.3) is 16.0 Å². The van der Waals surface area contributed by atoms with E-state index in [4.69, 9.17) is 20.4 Å². The van der Waals surface area contributed by atoms with Gasteiger partial charge in [0.05, 0.1) is 21.8 Å². The number of amides is 1. The first-order valence-electron chi connectivity index (χ1n) is 14.0. The Morgan fingerprint density at radius 1 is 1.04 bits per heavy atom. The van der Waals surface area contributed by atoms with Crippen LogP contribution in [-0.4, -0.2) is 59.5 Å². The summed E-state index contributed by atoms with van der Waals surface area (Å²) in [6, 6.07) is 9.49. The Bertz CT molecular complexity index is 1950. The minimum Gasteiger partial charge on any atom is -0.484 e. The zero-order valence-electron chi connectivity index (χ0n) is 25.0. The maximum atomic E-state index is 15.5. The summed E-state index contributed by atoms with van der Waals surface area (Å²) in [6.07, 6.45) is -9.45. The molecular formula is C29H26F8N4O6S2. The minimum atomic E-state index is -5.08. The van der Waals surface area contributed by atoms with Gasteiger partial charge in [-0.05, 0) is 57.1 Å². The number of imidazole rings is 1. The largest absolute Gasteiger partial charge is 0.490 e. The van der Waals surface area contributed by atoms with E-state index in [1.807, 2.05) is 0 Å². The second-order valence-corrected chi connectivity index (χ2v) is 13.9. The fourth-order valence-corrected chi connectivity index (χ4v) is 7.60. The minimum absolute atomic E-state index is 0.0673. The van der Waals surface area contributed by atoms with E-state index in [9.17, 15) is 39.6 Å².